The molecule has 3 heterocycles. The highest BCUT2D eigenvalue weighted by Crippen LogP contribution is 2.19. The van der Waals surface area contributed by atoms with Crippen LogP contribution in [0, 0.1) is 11.8 Å². The first-order chi connectivity index (χ1) is 11.1. The summed E-state index contributed by atoms with van der Waals surface area (Å²) in [5.41, 5.74) is -0.0366. The van der Waals surface area contributed by atoms with Crippen LogP contribution in [0.4, 0.5) is 0 Å². The zero-order valence-corrected chi connectivity index (χ0v) is 13.9. The summed E-state index contributed by atoms with van der Waals surface area (Å²) >= 11 is 0. The normalized spacial score (nSPS) is 17.0. The third-order valence-corrected chi connectivity index (χ3v) is 4.35. The number of aromatic nitrogens is 4. The molecular formula is C17H25N5O. The minimum absolute atomic E-state index is 0.0366. The van der Waals surface area contributed by atoms with Crippen molar-refractivity contribution in [2.45, 2.75) is 33.2 Å². The molecule has 0 amide bonds. The van der Waals surface area contributed by atoms with E-state index in [1.165, 1.54) is 6.54 Å². The van der Waals surface area contributed by atoms with Crippen LogP contribution in [0.5, 0.6) is 0 Å². The molecule has 1 saturated heterocycles. The molecule has 2 aromatic rings. The van der Waals surface area contributed by atoms with Crippen LogP contribution in [0.2, 0.25) is 0 Å². The van der Waals surface area contributed by atoms with Crippen LogP contribution in [0.15, 0.2) is 35.4 Å². The zero-order chi connectivity index (χ0) is 16.2. The third-order valence-electron chi connectivity index (χ3n) is 4.35. The molecule has 0 bridgehead atoms. The first-order valence-electron chi connectivity index (χ1n) is 8.42. The predicted octanol–water partition coefficient (Wildman–Crippen LogP) is 1.80. The van der Waals surface area contributed by atoms with Gasteiger partial charge in [0.25, 0.3) is 5.56 Å². The SMILES string of the molecule is CC(C)CN1CCC(Cn2nc(-n3cccn3)ccc2=O)CC1. The van der Waals surface area contributed by atoms with E-state index in [1.54, 1.807) is 27.7 Å². The van der Waals surface area contributed by atoms with Crippen LogP contribution in [0.25, 0.3) is 5.82 Å². The van der Waals surface area contributed by atoms with Gasteiger partial charge in [0.1, 0.15) is 0 Å². The van der Waals surface area contributed by atoms with Gasteiger partial charge in [0.15, 0.2) is 5.82 Å². The lowest BCUT2D eigenvalue weighted by atomic mass is 9.96. The molecule has 0 radical (unpaired) electrons. The summed E-state index contributed by atoms with van der Waals surface area (Å²) in [6.45, 7) is 8.63. The molecule has 0 aromatic carbocycles. The lowest BCUT2D eigenvalue weighted by Gasteiger charge is -2.32. The van der Waals surface area contributed by atoms with Gasteiger partial charge in [-0.15, -0.1) is 5.10 Å². The smallest absolute Gasteiger partial charge is 0.266 e. The minimum Gasteiger partial charge on any atom is -0.303 e. The average molecular weight is 315 g/mol. The summed E-state index contributed by atoms with van der Waals surface area (Å²) in [7, 11) is 0. The third kappa shape index (κ3) is 4.07. The van der Waals surface area contributed by atoms with E-state index in [-0.39, 0.29) is 5.56 Å². The summed E-state index contributed by atoms with van der Waals surface area (Å²) in [4.78, 5) is 14.6. The van der Waals surface area contributed by atoms with Crippen molar-refractivity contribution in [3.63, 3.8) is 0 Å². The molecule has 0 atom stereocenters. The van der Waals surface area contributed by atoms with Gasteiger partial charge in [-0.05, 0) is 49.9 Å². The highest BCUT2D eigenvalue weighted by molar-refractivity contribution is 5.17. The fourth-order valence-corrected chi connectivity index (χ4v) is 3.21. The summed E-state index contributed by atoms with van der Waals surface area (Å²) in [6.07, 6.45) is 5.81. The Hall–Kier alpha value is -1.95. The molecule has 0 spiro atoms. The zero-order valence-electron chi connectivity index (χ0n) is 13.9. The maximum atomic E-state index is 12.1. The van der Waals surface area contributed by atoms with Crippen molar-refractivity contribution in [3.8, 4) is 5.82 Å². The van der Waals surface area contributed by atoms with Gasteiger partial charge in [0, 0.05) is 31.5 Å². The minimum atomic E-state index is -0.0366. The van der Waals surface area contributed by atoms with Crippen molar-refractivity contribution in [2.24, 2.45) is 11.8 Å². The van der Waals surface area contributed by atoms with Crippen molar-refractivity contribution in [3.05, 3.63) is 40.9 Å². The maximum absolute atomic E-state index is 12.1. The summed E-state index contributed by atoms with van der Waals surface area (Å²) in [5, 5.41) is 8.64. The van der Waals surface area contributed by atoms with Crippen LogP contribution < -0.4 is 5.56 Å². The van der Waals surface area contributed by atoms with Crippen molar-refractivity contribution >= 4 is 0 Å². The molecule has 0 saturated carbocycles. The number of hydrogen-bond donors (Lipinski definition) is 0. The average Bonchev–Trinajstić information content (AvgIpc) is 3.05. The predicted molar refractivity (Wildman–Crippen MR) is 89.6 cm³/mol. The van der Waals surface area contributed by atoms with Gasteiger partial charge in [-0.3, -0.25) is 4.79 Å². The monoisotopic (exact) mass is 315 g/mol. The number of rotatable bonds is 5. The van der Waals surface area contributed by atoms with Crippen molar-refractivity contribution in [2.75, 3.05) is 19.6 Å². The number of nitrogens with zero attached hydrogens (tertiary/aromatic N) is 5. The number of likely N-dealkylation sites (tertiary alicyclic amines) is 1. The number of piperidine rings is 1. The van der Waals surface area contributed by atoms with Crippen LogP contribution in [0.1, 0.15) is 26.7 Å². The standard InChI is InChI=1S/C17H25N5O/c1-14(2)12-20-10-6-15(7-11-20)13-22-17(23)5-4-16(19-22)21-9-3-8-18-21/h3-5,8-9,14-15H,6-7,10-13H2,1-2H3. The Kier molecular flexibility index (Phi) is 4.91. The van der Waals surface area contributed by atoms with Gasteiger partial charge >= 0.3 is 0 Å². The van der Waals surface area contributed by atoms with Gasteiger partial charge in [0.05, 0.1) is 0 Å². The first kappa shape index (κ1) is 15.9. The first-order valence-corrected chi connectivity index (χ1v) is 8.42. The molecule has 0 N–H and O–H groups in total. The van der Waals surface area contributed by atoms with Crippen LogP contribution in [-0.4, -0.2) is 44.1 Å². The molecule has 6 heteroatoms. The fourth-order valence-electron chi connectivity index (χ4n) is 3.21. The van der Waals surface area contributed by atoms with Gasteiger partial charge in [0.2, 0.25) is 0 Å². The van der Waals surface area contributed by atoms with E-state index in [0.717, 1.165) is 25.9 Å². The molecule has 0 aliphatic carbocycles. The van der Waals surface area contributed by atoms with Crippen molar-refractivity contribution in [1.29, 1.82) is 0 Å². The van der Waals surface area contributed by atoms with Crippen molar-refractivity contribution in [1.82, 2.24) is 24.5 Å². The Morgan fingerprint density at radius 2 is 2.04 bits per heavy atom. The van der Waals surface area contributed by atoms with E-state index in [4.69, 9.17) is 0 Å². The summed E-state index contributed by atoms with van der Waals surface area (Å²) in [6, 6.07) is 5.15. The van der Waals surface area contributed by atoms with E-state index in [9.17, 15) is 4.79 Å². The van der Waals surface area contributed by atoms with E-state index in [1.807, 2.05) is 12.3 Å². The molecule has 3 rings (SSSR count). The molecular weight excluding hydrogens is 290 g/mol. The Morgan fingerprint density at radius 1 is 1.26 bits per heavy atom. The quantitative estimate of drug-likeness (QED) is 0.844. The Labute approximate surface area is 136 Å². The highest BCUT2D eigenvalue weighted by Gasteiger charge is 2.20. The topological polar surface area (TPSA) is 56.0 Å². The van der Waals surface area contributed by atoms with E-state index in [2.05, 4.69) is 28.9 Å². The van der Waals surface area contributed by atoms with Gasteiger partial charge in [-0.25, -0.2) is 9.36 Å². The molecule has 23 heavy (non-hydrogen) atoms. The van der Waals surface area contributed by atoms with Crippen LogP contribution >= 0.6 is 0 Å². The summed E-state index contributed by atoms with van der Waals surface area (Å²) < 4.78 is 3.28. The molecule has 2 aromatic heterocycles. The highest BCUT2D eigenvalue weighted by atomic mass is 16.1. The second kappa shape index (κ2) is 7.08. The molecule has 0 unspecified atom stereocenters. The molecule has 124 valence electrons. The van der Waals surface area contributed by atoms with Gasteiger partial charge in [-0.1, -0.05) is 13.8 Å². The Balaban J connectivity index is 1.65. The van der Waals surface area contributed by atoms with Gasteiger partial charge in [-0.2, -0.15) is 5.10 Å². The lowest BCUT2D eigenvalue weighted by molar-refractivity contribution is 0.155. The largest absolute Gasteiger partial charge is 0.303 e. The van der Waals surface area contributed by atoms with E-state index >= 15 is 0 Å². The fraction of sp³-hybridized carbons (Fsp3) is 0.588. The molecule has 6 nitrogen and oxygen atoms in total. The maximum Gasteiger partial charge on any atom is 0.266 e. The Bertz CT molecular complexity index is 669. The second-order valence-corrected chi connectivity index (χ2v) is 6.80. The molecule has 1 aliphatic heterocycles. The van der Waals surface area contributed by atoms with E-state index < -0.39 is 0 Å². The second-order valence-electron chi connectivity index (χ2n) is 6.80. The van der Waals surface area contributed by atoms with Crippen LogP contribution in [-0.2, 0) is 6.54 Å². The van der Waals surface area contributed by atoms with Gasteiger partial charge < -0.3 is 4.90 Å². The van der Waals surface area contributed by atoms with E-state index in [0.29, 0.717) is 24.2 Å². The lowest BCUT2D eigenvalue weighted by Crippen LogP contribution is -2.38. The van der Waals surface area contributed by atoms with Crippen molar-refractivity contribution < 1.29 is 0 Å². The summed E-state index contributed by atoms with van der Waals surface area (Å²) in [5.74, 6) is 1.92. The molecule has 1 aliphatic rings. The van der Waals surface area contributed by atoms with Crippen LogP contribution in [0.3, 0.4) is 0 Å². The number of hydrogen-bond acceptors (Lipinski definition) is 4. The Morgan fingerprint density at radius 3 is 2.70 bits per heavy atom. The molecule has 1 fully saturated rings.